The van der Waals surface area contributed by atoms with E-state index in [-0.39, 0.29) is 32.0 Å². The van der Waals surface area contributed by atoms with Crippen LogP contribution in [0.5, 0.6) is 0 Å². The number of rotatable bonds is 40. The Hall–Kier alpha value is -2.29. The lowest BCUT2D eigenvalue weighted by molar-refractivity contribution is -0.870. The molecule has 10 heteroatoms. The summed E-state index contributed by atoms with van der Waals surface area (Å²) in [7, 11) is 1.46. The third-order valence-electron chi connectivity index (χ3n) is 9.31. The van der Waals surface area contributed by atoms with Crippen LogP contribution in [0, 0.1) is 0 Å². The van der Waals surface area contributed by atoms with Crippen molar-refractivity contribution in [2.75, 3.05) is 47.5 Å². The highest BCUT2D eigenvalue weighted by atomic mass is 31.2. The molecule has 0 heterocycles. The number of nitrogens with zero attached hydrogens (tertiary/aromatic N) is 1. The summed E-state index contributed by atoms with van der Waals surface area (Å²) >= 11 is 0. The topological polar surface area (TPSA) is 108 Å². The van der Waals surface area contributed by atoms with Gasteiger partial charge in [0, 0.05) is 12.8 Å². The first kappa shape index (κ1) is 54.7. The molecule has 2 atom stereocenters. The molecule has 0 saturated heterocycles. The second-order valence-corrected chi connectivity index (χ2v) is 17.5. The van der Waals surface area contributed by atoms with Gasteiger partial charge >= 0.3 is 19.8 Å². The minimum absolute atomic E-state index is 0.0277. The van der Waals surface area contributed by atoms with Gasteiger partial charge in [0.15, 0.2) is 6.10 Å². The molecule has 2 unspecified atom stereocenters. The van der Waals surface area contributed by atoms with Crippen LogP contribution in [0.15, 0.2) is 60.8 Å². The standard InChI is InChI=1S/C47H84NO8P/c1-6-8-10-12-14-16-18-19-20-21-22-23-24-25-26-27-28-29-30-32-34-36-38-40-47(50)56-45(44-55-57(51,52)54-42-41-48(3,4)5)43-53-46(49)39-37-35-33-31-17-15-13-11-9-7-2/h8,10,14,16,19-20,22-23,25-26,45H,6-7,9,11-13,15,17-18,21,24,27-44H2,1-5H3/p+1/b10-8-,16-14-,20-19-,23-22-,26-25-. The van der Waals surface area contributed by atoms with Gasteiger partial charge in [-0.05, 0) is 57.8 Å². The molecule has 0 radical (unpaired) electrons. The number of esters is 2. The molecule has 0 aliphatic rings. The second kappa shape index (κ2) is 39.2. The number of phosphoric ester groups is 1. The summed E-state index contributed by atoms with van der Waals surface area (Å²) in [5.74, 6) is -0.815. The van der Waals surface area contributed by atoms with E-state index in [1.165, 1.54) is 64.2 Å². The van der Waals surface area contributed by atoms with E-state index in [9.17, 15) is 19.0 Å². The summed E-state index contributed by atoms with van der Waals surface area (Å²) in [5, 5.41) is 0. The van der Waals surface area contributed by atoms with Gasteiger partial charge in [-0.15, -0.1) is 0 Å². The number of quaternary nitrogens is 1. The zero-order chi connectivity index (χ0) is 42.1. The van der Waals surface area contributed by atoms with E-state index in [1.807, 2.05) is 21.1 Å². The first-order chi connectivity index (χ1) is 27.5. The van der Waals surface area contributed by atoms with Crippen molar-refractivity contribution in [3.05, 3.63) is 60.8 Å². The van der Waals surface area contributed by atoms with Gasteiger partial charge in [0.1, 0.15) is 19.8 Å². The molecule has 0 amide bonds. The molecule has 0 aromatic rings. The fourth-order valence-electron chi connectivity index (χ4n) is 5.80. The van der Waals surface area contributed by atoms with Crippen molar-refractivity contribution in [3.8, 4) is 0 Å². The van der Waals surface area contributed by atoms with E-state index in [1.54, 1.807) is 0 Å². The number of unbranched alkanes of at least 4 members (excludes halogenated alkanes) is 16. The summed E-state index contributed by atoms with van der Waals surface area (Å²) in [5.41, 5.74) is 0. The predicted octanol–water partition coefficient (Wildman–Crippen LogP) is 12.9. The third-order valence-corrected chi connectivity index (χ3v) is 10.3. The Morgan fingerprint density at radius 3 is 1.49 bits per heavy atom. The second-order valence-electron chi connectivity index (χ2n) is 16.1. The van der Waals surface area contributed by atoms with Crippen molar-refractivity contribution in [3.63, 3.8) is 0 Å². The summed E-state index contributed by atoms with van der Waals surface area (Å²) < 4.78 is 34.3. The molecule has 0 spiro atoms. The lowest BCUT2D eigenvalue weighted by Crippen LogP contribution is -2.37. The molecular formula is C47H85NO8P+. The molecular weight excluding hydrogens is 737 g/mol. The average Bonchev–Trinajstić information content (AvgIpc) is 3.16. The minimum atomic E-state index is -4.38. The van der Waals surface area contributed by atoms with E-state index in [0.29, 0.717) is 17.4 Å². The third kappa shape index (κ3) is 43.1. The number of phosphoric acid groups is 1. The summed E-state index contributed by atoms with van der Waals surface area (Å²) in [4.78, 5) is 35.3. The maximum atomic E-state index is 12.7. The van der Waals surface area contributed by atoms with Crippen LogP contribution in [0.2, 0.25) is 0 Å². The minimum Gasteiger partial charge on any atom is -0.462 e. The summed E-state index contributed by atoms with van der Waals surface area (Å²) in [6.07, 6.45) is 47.0. The SMILES string of the molecule is CC/C=C\C/C=C\C/C=C\C/C=C\C/C=C\CCCCCCCCCC(=O)OC(COC(=O)CCCCCCCCCCCC)COP(=O)(O)OCC[N+](C)(C)C. The van der Waals surface area contributed by atoms with Crippen LogP contribution in [-0.2, 0) is 32.7 Å². The van der Waals surface area contributed by atoms with Gasteiger partial charge in [-0.25, -0.2) is 4.57 Å². The van der Waals surface area contributed by atoms with Crippen molar-refractivity contribution in [1.82, 2.24) is 0 Å². The predicted molar refractivity (Wildman–Crippen MR) is 238 cm³/mol. The smallest absolute Gasteiger partial charge is 0.462 e. The molecule has 0 rings (SSSR count). The number of hydrogen-bond acceptors (Lipinski definition) is 7. The fourth-order valence-corrected chi connectivity index (χ4v) is 6.55. The van der Waals surface area contributed by atoms with Crippen molar-refractivity contribution in [2.45, 2.75) is 180 Å². The molecule has 0 aliphatic heterocycles. The van der Waals surface area contributed by atoms with Gasteiger partial charge in [0.25, 0.3) is 0 Å². The molecule has 1 N–H and O–H groups in total. The summed E-state index contributed by atoms with van der Waals surface area (Å²) in [6.45, 7) is 4.27. The first-order valence-corrected chi connectivity index (χ1v) is 24.0. The number of carbonyl (C=O) groups excluding carboxylic acids is 2. The van der Waals surface area contributed by atoms with E-state index in [0.717, 1.165) is 77.0 Å². The van der Waals surface area contributed by atoms with Crippen LogP contribution in [0.4, 0.5) is 0 Å². The maximum absolute atomic E-state index is 12.7. The number of ether oxygens (including phenoxy) is 2. The Morgan fingerprint density at radius 2 is 1.00 bits per heavy atom. The first-order valence-electron chi connectivity index (χ1n) is 22.5. The van der Waals surface area contributed by atoms with Crippen LogP contribution in [0.25, 0.3) is 0 Å². The molecule has 0 bridgehead atoms. The van der Waals surface area contributed by atoms with E-state index < -0.39 is 26.5 Å². The molecule has 330 valence electrons. The Bertz CT molecular complexity index is 1160. The Kier molecular flexibility index (Phi) is 37.6. The highest BCUT2D eigenvalue weighted by molar-refractivity contribution is 7.47. The average molecular weight is 823 g/mol. The van der Waals surface area contributed by atoms with E-state index in [4.69, 9.17) is 18.5 Å². The zero-order valence-electron chi connectivity index (χ0n) is 37.1. The highest BCUT2D eigenvalue weighted by Gasteiger charge is 2.27. The molecule has 0 aromatic carbocycles. The van der Waals surface area contributed by atoms with Gasteiger partial charge in [-0.1, -0.05) is 164 Å². The van der Waals surface area contributed by atoms with Crippen molar-refractivity contribution >= 4 is 19.8 Å². The number of hydrogen-bond donors (Lipinski definition) is 1. The quantitative estimate of drug-likeness (QED) is 0.0214. The lowest BCUT2D eigenvalue weighted by Gasteiger charge is -2.24. The van der Waals surface area contributed by atoms with Crippen LogP contribution in [0.1, 0.15) is 174 Å². The fraction of sp³-hybridized carbons (Fsp3) is 0.745. The van der Waals surface area contributed by atoms with Gasteiger partial charge in [0.2, 0.25) is 0 Å². The molecule has 0 aromatic heterocycles. The Labute approximate surface area is 349 Å². The van der Waals surface area contributed by atoms with Crippen LogP contribution >= 0.6 is 7.82 Å². The molecule has 0 aliphatic carbocycles. The van der Waals surface area contributed by atoms with Gasteiger partial charge in [-0.3, -0.25) is 18.6 Å². The summed E-state index contributed by atoms with van der Waals surface area (Å²) in [6, 6.07) is 0. The Morgan fingerprint density at radius 1 is 0.561 bits per heavy atom. The van der Waals surface area contributed by atoms with E-state index >= 15 is 0 Å². The van der Waals surface area contributed by atoms with Crippen LogP contribution < -0.4 is 0 Å². The van der Waals surface area contributed by atoms with Gasteiger partial charge in [0.05, 0.1) is 27.7 Å². The number of allylic oxidation sites excluding steroid dienone is 10. The van der Waals surface area contributed by atoms with Crippen LogP contribution in [-0.4, -0.2) is 74.9 Å². The monoisotopic (exact) mass is 823 g/mol. The van der Waals surface area contributed by atoms with E-state index in [2.05, 4.69) is 74.6 Å². The zero-order valence-corrected chi connectivity index (χ0v) is 38.0. The maximum Gasteiger partial charge on any atom is 0.472 e. The molecule has 0 fully saturated rings. The largest absolute Gasteiger partial charge is 0.472 e. The van der Waals surface area contributed by atoms with Crippen molar-refractivity contribution in [1.29, 1.82) is 0 Å². The van der Waals surface area contributed by atoms with Crippen LogP contribution in [0.3, 0.4) is 0 Å². The highest BCUT2D eigenvalue weighted by Crippen LogP contribution is 2.43. The normalized spacial score (nSPS) is 14.1. The molecule has 57 heavy (non-hydrogen) atoms. The number of likely N-dealkylation sites (N-methyl/N-ethyl adjacent to an activating group) is 1. The molecule has 9 nitrogen and oxygen atoms in total. The number of carbonyl (C=O) groups is 2. The Balaban J connectivity index is 4.30. The van der Waals surface area contributed by atoms with Crippen molar-refractivity contribution in [2.24, 2.45) is 0 Å². The van der Waals surface area contributed by atoms with Gasteiger partial charge < -0.3 is 18.9 Å². The lowest BCUT2D eigenvalue weighted by atomic mass is 10.1. The van der Waals surface area contributed by atoms with Crippen molar-refractivity contribution < 1.29 is 42.1 Å². The molecule has 0 saturated carbocycles. The van der Waals surface area contributed by atoms with Gasteiger partial charge in [-0.2, -0.15) is 0 Å².